The van der Waals surface area contributed by atoms with Crippen molar-refractivity contribution in [1.29, 1.82) is 0 Å². The summed E-state index contributed by atoms with van der Waals surface area (Å²) in [7, 11) is 0. The van der Waals surface area contributed by atoms with E-state index < -0.39 is 33.7 Å². The lowest BCUT2D eigenvalue weighted by atomic mass is 9.85. The van der Waals surface area contributed by atoms with Crippen molar-refractivity contribution >= 4 is 34.4 Å². The highest BCUT2D eigenvalue weighted by molar-refractivity contribution is 8.15. The van der Waals surface area contributed by atoms with Crippen LogP contribution in [-0.2, 0) is 10.3 Å². The van der Waals surface area contributed by atoms with Crippen LogP contribution in [0.4, 0.5) is 10.1 Å². The highest BCUT2D eigenvalue weighted by atomic mass is 32.2. The van der Waals surface area contributed by atoms with Crippen LogP contribution in [0.15, 0.2) is 35.6 Å². The van der Waals surface area contributed by atoms with Crippen molar-refractivity contribution in [2.45, 2.75) is 63.0 Å². The van der Waals surface area contributed by atoms with Gasteiger partial charge in [0.2, 0.25) is 11.8 Å². The van der Waals surface area contributed by atoms with E-state index in [1.165, 1.54) is 42.4 Å². The van der Waals surface area contributed by atoms with Crippen LogP contribution in [0.1, 0.15) is 57.1 Å². The van der Waals surface area contributed by atoms with Gasteiger partial charge in [-0.2, -0.15) is 0 Å². The molecular weight excluding hydrogens is 495 g/mol. The number of aromatic nitrogens is 2. The first kappa shape index (κ1) is 26.4. The lowest BCUT2D eigenvalue weighted by Gasteiger charge is -2.35. The summed E-state index contributed by atoms with van der Waals surface area (Å²) in [5, 5.41) is 5.94. The van der Waals surface area contributed by atoms with Gasteiger partial charge in [0.1, 0.15) is 16.3 Å². The number of hydrogen-bond donors (Lipinski definition) is 3. The summed E-state index contributed by atoms with van der Waals surface area (Å²) >= 11 is 1.22. The predicted molar refractivity (Wildman–Crippen MR) is 141 cm³/mol. The fourth-order valence-corrected chi connectivity index (χ4v) is 5.79. The number of nitrogens with two attached hydrogens (primary N) is 1. The Balaban J connectivity index is 1.57. The first-order chi connectivity index (χ1) is 17.3. The smallest absolute Gasteiger partial charge is 0.275 e. The molecule has 37 heavy (non-hydrogen) atoms. The van der Waals surface area contributed by atoms with E-state index in [0.29, 0.717) is 12.1 Å². The number of amidine groups is 1. The highest BCUT2D eigenvalue weighted by Crippen LogP contribution is 2.66. The van der Waals surface area contributed by atoms with Crippen LogP contribution < -0.4 is 21.1 Å². The molecule has 0 saturated heterocycles. The predicted octanol–water partition coefficient (Wildman–Crippen LogP) is 3.22. The molecule has 11 heteroatoms. The van der Waals surface area contributed by atoms with Gasteiger partial charge in [0.05, 0.1) is 17.9 Å². The van der Waals surface area contributed by atoms with Crippen LogP contribution in [0.3, 0.4) is 0 Å². The lowest BCUT2D eigenvalue weighted by molar-refractivity contribution is -0.123. The fraction of sp³-hybridized carbons (Fsp3) is 0.423. The number of fused-ring (bicyclic) bond motifs is 1. The molecule has 1 aliphatic heterocycles. The summed E-state index contributed by atoms with van der Waals surface area (Å²) in [5.74, 6) is 1.13. The van der Waals surface area contributed by atoms with E-state index in [-0.39, 0.29) is 34.1 Å². The number of nitrogens with zero attached hydrogens (tertiary/aromatic N) is 3. The summed E-state index contributed by atoms with van der Waals surface area (Å²) < 4.78 is 19.7. The van der Waals surface area contributed by atoms with E-state index in [1.54, 1.807) is 13.8 Å². The minimum atomic E-state index is -1.10. The van der Waals surface area contributed by atoms with Gasteiger partial charge in [-0.3, -0.25) is 14.6 Å². The van der Waals surface area contributed by atoms with Gasteiger partial charge in [-0.25, -0.2) is 14.4 Å². The second-order valence-electron chi connectivity index (χ2n) is 10.4. The molecule has 1 aromatic heterocycles. The van der Waals surface area contributed by atoms with Gasteiger partial charge in [-0.15, -0.1) is 6.42 Å². The number of thioether (sulfide) groups is 1. The Morgan fingerprint density at radius 1 is 1.32 bits per heavy atom. The topological polar surface area (TPSA) is 132 Å². The normalized spacial score (nSPS) is 25.1. The number of aliphatic imine (C=N–C) groups is 1. The van der Waals surface area contributed by atoms with Crippen molar-refractivity contribution in [2.75, 3.05) is 5.32 Å². The second kappa shape index (κ2) is 9.34. The standard InChI is InChI=1S/C26H29FN6O3S/c1-7-14(2)36-20-13-29-18(12-30-20)21(34)31-15-8-9-17(27)16(10-15)25(6)19-11-26(19,37-23(28)33-25)22(35)32-24(3,4)5/h1,8-10,12-14,19H,11H2,2-6H3,(H2,28,33)(H,31,34)(H,32,35)/t14-,19?,25+,26-/m0/s1. The fourth-order valence-electron chi connectivity index (χ4n) is 4.41. The van der Waals surface area contributed by atoms with Crippen LogP contribution in [0, 0.1) is 24.1 Å². The Morgan fingerprint density at radius 2 is 2.05 bits per heavy atom. The van der Waals surface area contributed by atoms with E-state index in [0.717, 1.165) is 0 Å². The zero-order valence-corrected chi connectivity index (χ0v) is 22.1. The van der Waals surface area contributed by atoms with Crippen LogP contribution in [0.25, 0.3) is 0 Å². The van der Waals surface area contributed by atoms with Crippen LogP contribution in [0.5, 0.6) is 5.88 Å². The number of benzene rings is 1. The zero-order valence-electron chi connectivity index (χ0n) is 21.3. The van der Waals surface area contributed by atoms with Crippen molar-refractivity contribution < 1.29 is 18.7 Å². The quantitative estimate of drug-likeness (QED) is 0.495. The monoisotopic (exact) mass is 524 g/mol. The minimum Gasteiger partial charge on any atom is -0.460 e. The number of ether oxygens (including phenoxy) is 1. The van der Waals surface area contributed by atoms with Crippen molar-refractivity contribution in [1.82, 2.24) is 15.3 Å². The molecule has 194 valence electrons. The molecule has 1 aromatic carbocycles. The second-order valence-corrected chi connectivity index (χ2v) is 11.7. The SMILES string of the molecule is C#C[C@H](C)Oc1cnc(C(=O)Nc2ccc(F)c([C@@]3(C)N=C(N)S[C@@]4(C(=O)NC(C)(C)C)CC43)c2)cn1. The first-order valence-electron chi connectivity index (χ1n) is 11.7. The number of carbonyl (C=O) groups is 2. The molecule has 4 N–H and O–H groups in total. The average molecular weight is 525 g/mol. The van der Waals surface area contributed by atoms with E-state index in [1.807, 2.05) is 20.8 Å². The maximum absolute atomic E-state index is 15.2. The number of amides is 2. The van der Waals surface area contributed by atoms with Gasteiger partial charge in [-0.05, 0) is 59.2 Å². The molecule has 9 nitrogen and oxygen atoms in total. The Hall–Kier alpha value is -3.65. The molecule has 0 radical (unpaired) electrons. The van der Waals surface area contributed by atoms with Gasteiger partial charge in [-0.1, -0.05) is 17.7 Å². The van der Waals surface area contributed by atoms with Crippen molar-refractivity contribution in [3.8, 4) is 18.2 Å². The molecule has 2 aromatic rings. The third-order valence-corrected chi connectivity index (χ3v) is 7.55. The van der Waals surface area contributed by atoms with Crippen molar-refractivity contribution in [3.63, 3.8) is 0 Å². The Bertz CT molecular complexity index is 1320. The number of halogens is 1. The highest BCUT2D eigenvalue weighted by Gasteiger charge is 2.70. The molecule has 4 atom stereocenters. The first-order valence-corrected chi connectivity index (χ1v) is 12.5. The summed E-state index contributed by atoms with van der Waals surface area (Å²) in [6.07, 6.45) is 7.85. The summed E-state index contributed by atoms with van der Waals surface area (Å²) in [4.78, 5) is 38.6. The van der Waals surface area contributed by atoms with Crippen LogP contribution in [-0.4, -0.2) is 43.3 Å². The van der Waals surface area contributed by atoms with Gasteiger partial charge < -0.3 is 21.1 Å². The number of rotatable bonds is 6. The lowest BCUT2D eigenvalue weighted by Crippen LogP contribution is -2.50. The maximum Gasteiger partial charge on any atom is 0.275 e. The van der Waals surface area contributed by atoms with Gasteiger partial charge in [0.25, 0.3) is 5.91 Å². The molecule has 2 amide bonds. The average Bonchev–Trinajstić information content (AvgIpc) is 3.56. The van der Waals surface area contributed by atoms with Crippen LogP contribution in [0.2, 0.25) is 0 Å². The molecule has 1 saturated carbocycles. The van der Waals surface area contributed by atoms with Gasteiger partial charge in [0.15, 0.2) is 11.3 Å². The molecule has 1 unspecified atom stereocenters. The molecular formula is C26H29FN6O3S. The van der Waals surface area contributed by atoms with Gasteiger partial charge >= 0.3 is 0 Å². The zero-order chi connectivity index (χ0) is 27.2. The number of nitrogens with one attached hydrogen (secondary N) is 2. The van der Waals surface area contributed by atoms with E-state index in [9.17, 15) is 9.59 Å². The van der Waals surface area contributed by atoms with Crippen molar-refractivity contribution in [3.05, 3.63) is 47.7 Å². The van der Waals surface area contributed by atoms with E-state index >= 15 is 4.39 Å². The Labute approximate surface area is 219 Å². The molecule has 0 bridgehead atoms. The summed E-state index contributed by atoms with van der Waals surface area (Å²) in [6, 6.07) is 4.22. The number of terminal acetylenes is 1. The molecule has 2 aliphatic rings. The van der Waals surface area contributed by atoms with E-state index in [4.69, 9.17) is 16.9 Å². The molecule has 4 rings (SSSR count). The van der Waals surface area contributed by atoms with Gasteiger partial charge in [0, 0.05) is 22.7 Å². The molecule has 2 heterocycles. The molecule has 0 spiro atoms. The van der Waals surface area contributed by atoms with Crippen molar-refractivity contribution in [2.24, 2.45) is 16.6 Å². The maximum atomic E-state index is 15.2. The number of hydrogen-bond acceptors (Lipinski definition) is 8. The Kier molecular flexibility index (Phi) is 6.67. The largest absolute Gasteiger partial charge is 0.460 e. The van der Waals surface area contributed by atoms with E-state index in [2.05, 4.69) is 31.5 Å². The third kappa shape index (κ3) is 5.25. The molecule has 1 fully saturated rings. The Morgan fingerprint density at radius 3 is 2.68 bits per heavy atom. The number of carbonyl (C=O) groups excluding carboxylic acids is 2. The summed E-state index contributed by atoms with van der Waals surface area (Å²) in [6.45, 7) is 9.15. The number of anilines is 1. The molecule has 1 aliphatic carbocycles. The minimum absolute atomic E-state index is 0.0363. The van der Waals surface area contributed by atoms with Crippen LogP contribution >= 0.6 is 11.8 Å². The third-order valence-electron chi connectivity index (χ3n) is 6.25. The summed E-state index contributed by atoms with van der Waals surface area (Å²) in [5.41, 5.74) is 5.24.